The Labute approximate surface area is 157 Å². The molecule has 0 unspecified atom stereocenters. The molecule has 0 bridgehead atoms. The molecule has 0 atom stereocenters. The maximum absolute atomic E-state index is 13.8. The normalized spacial score (nSPS) is 11.0. The Balaban J connectivity index is 1.53. The number of hydrogen-bond acceptors (Lipinski definition) is 4. The topological polar surface area (TPSA) is 59.3 Å². The second kappa shape index (κ2) is 6.86. The zero-order chi connectivity index (χ0) is 18.1. The van der Waals surface area contributed by atoms with Gasteiger partial charge in [0.25, 0.3) is 5.91 Å². The lowest BCUT2D eigenvalue weighted by atomic mass is 10.2. The average Bonchev–Trinajstić information content (AvgIpc) is 3.28. The van der Waals surface area contributed by atoms with Crippen LogP contribution in [-0.4, -0.2) is 20.5 Å². The van der Waals surface area contributed by atoms with Crippen molar-refractivity contribution in [2.45, 2.75) is 6.54 Å². The Kier molecular flexibility index (Phi) is 4.40. The smallest absolute Gasteiger partial charge is 0.252 e. The van der Waals surface area contributed by atoms with Crippen molar-refractivity contribution in [3.05, 3.63) is 76.0 Å². The van der Waals surface area contributed by atoms with E-state index in [1.165, 1.54) is 23.5 Å². The minimum atomic E-state index is -0.446. The van der Waals surface area contributed by atoms with E-state index in [2.05, 4.69) is 15.5 Å². The molecule has 8 heteroatoms. The van der Waals surface area contributed by atoms with E-state index >= 15 is 0 Å². The molecular formula is C18H12ClFN4OS. The number of amides is 1. The first-order valence-electron chi connectivity index (χ1n) is 7.73. The molecule has 0 fully saturated rings. The minimum absolute atomic E-state index is 0.0172. The summed E-state index contributed by atoms with van der Waals surface area (Å²) in [6.45, 7) is 0.0172. The van der Waals surface area contributed by atoms with Crippen LogP contribution in [0.5, 0.6) is 0 Å². The molecule has 1 aromatic carbocycles. The summed E-state index contributed by atoms with van der Waals surface area (Å²) in [4.78, 5) is 13.2. The third kappa shape index (κ3) is 3.07. The van der Waals surface area contributed by atoms with Crippen LogP contribution in [0, 0.1) is 5.82 Å². The molecule has 26 heavy (non-hydrogen) atoms. The van der Waals surface area contributed by atoms with Crippen molar-refractivity contribution >= 4 is 34.5 Å². The Morgan fingerprint density at radius 2 is 2.12 bits per heavy atom. The van der Waals surface area contributed by atoms with Crippen LogP contribution >= 0.6 is 22.9 Å². The average molecular weight is 387 g/mol. The zero-order valence-electron chi connectivity index (χ0n) is 13.3. The van der Waals surface area contributed by atoms with E-state index in [9.17, 15) is 9.18 Å². The number of halogens is 2. The third-order valence-corrected chi connectivity index (χ3v) is 5.16. The summed E-state index contributed by atoms with van der Waals surface area (Å²) in [5, 5.41) is 13.0. The highest BCUT2D eigenvalue weighted by Crippen LogP contribution is 2.26. The summed E-state index contributed by atoms with van der Waals surface area (Å²) in [7, 11) is 0. The number of thiophene rings is 1. The van der Waals surface area contributed by atoms with E-state index in [4.69, 9.17) is 11.6 Å². The Hall–Kier alpha value is -2.77. The molecule has 0 saturated carbocycles. The molecule has 0 radical (unpaired) electrons. The van der Waals surface area contributed by atoms with Gasteiger partial charge in [-0.3, -0.25) is 9.20 Å². The van der Waals surface area contributed by atoms with E-state index in [1.54, 1.807) is 17.5 Å². The van der Waals surface area contributed by atoms with E-state index in [1.807, 2.05) is 28.8 Å². The van der Waals surface area contributed by atoms with Crippen LogP contribution in [0.3, 0.4) is 0 Å². The SMILES string of the molecule is O=C(NCc1c(F)cccc1Cl)c1csc(-c2nnc3ccccn23)c1. The number of nitrogens with one attached hydrogen (secondary N) is 1. The van der Waals surface area contributed by atoms with Gasteiger partial charge in [-0.15, -0.1) is 21.5 Å². The van der Waals surface area contributed by atoms with E-state index < -0.39 is 5.82 Å². The number of rotatable bonds is 4. The summed E-state index contributed by atoms with van der Waals surface area (Å²) >= 11 is 7.37. The Morgan fingerprint density at radius 3 is 2.96 bits per heavy atom. The number of fused-ring (bicyclic) bond motifs is 1. The van der Waals surface area contributed by atoms with Crippen molar-refractivity contribution in [1.29, 1.82) is 0 Å². The van der Waals surface area contributed by atoms with Crippen LogP contribution in [0.25, 0.3) is 16.3 Å². The fraction of sp³-hybridized carbons (Fsp3) is 0.0556. The van der Waals surface area contributed by atoms with Gasteiger partial charge in [-0.2, -0.15) is 0 Å². The van der Waals surface area contributed by atoms with Crippen LogP contribution in [0.2, 0.25) is 5.02 Å². The number of carbonyl (C=O) groups is 1. The van der Waals surface area contributed by atoms with E-state index in [0.29, 0.717) is 11.4 Å². The van der Waals surface area contributed by atoms with Crippen LogP contribution in [-0.2, 0) is 6.54 Å². The summed E-state index contributed by atoms with van der Waals surface area (Å²) in [5.41, 5.74) is 1.47. The minimum Gasteiger partial charge on any atom is -0.348 e. The first-order valence-corrected chi connectivity index (χ1v) is 8.99. The molecular weight excluding hydrogens is 375 g/mol. The third-order valence-electron chi connectivity index (χ3n) is 3.88. The van der Waals surface area contributed by atoms with Crippen molar-refractivity contribution in [3.63, 3.8) is 0 Å². The number of carbonyl (C=O) groups excluding carboxylic acids is 1. The molecule has 130 valence electrons. The second-order valence-electron chi connectivity index (χ2n) is 5.53. The van der Waals surface area contributed by atoms with Crippen molar-refractivity contribution < 1.29 is 9.18 Å². The van der Waals surface area contributed by atoms with Crippen LogP contribution in [0.15, 0.2) is 54.0 Å². The maximum atomic E-state index is 13.8. The van der Waals surface area contributed by atoms with Crippen LogP contribution in [0.4, 0.5) is 4.39 Å². The van der Waals surface area contributed by atoms with Crippen molar-refractivity contribution in [3.8, 4) is 10.7 Å². The van der Waals surface area contributed by atoms with Gasteiger partial charge in [-0.25, -0.2) is 4.39 Å². The fourth-order valence-corrected chi connectivity index (χ4v) is 3.65. The number of aromatic nitrogens is 3. The van der Waals surface area contributed by atoms with Gasteiger partial charge in [0.2, 0.25) is 0 Å². The van der Waals surface area contributed by atoms with Gasteiger partial charge in [0, 0.05) is 28.7 Å². The van der Waals surface area contributed by atoms with Gasteiger partial charge in [0.05, 0.1) is 10.4 Å². The highest BCUT2D eigenvalue weighted by atomic mass is 35.5. The summed E-state index contributed by atoms with van der Waals surface area (Å²) < 4.78 is 15.6. The molecule has 0 aliphatic rings. The van der Waals surface area contributed by atoms with Crippen molar-refractivity contribution in [2.24, 2.45) is 0 Å². The molecule has 5 nitrogen and oxygen atoms in total. The van der Waals surface area contributed by atoms with Crippen molar-refractivity contribution in [2.75, 3.05) is 0 Å². The zero-order valence-corrected chi connectivity index (χ0v) is 14.9. The Morgan fingerprint density at radius 1 is 1.23 bits per heavy atom. The first kappa shape index (κ1) is 16.7. The van der Waals surface area contributed by atoms with E-state index in [-0.39, 0.29) is 23.0 Å². The standard InChI is InChI=1S/C18H12ClFN4OS/c19-13-4-3-5-14(20)12(13)9-21-18(25)11-8-15(26-10-11)17-23-22-16-6-1-2-7-24(16)17/h1-8,10H,9H2,(H,21,25). The Bertz CT molecular complexity index is 1090. The maximum Gasteiger partial charge on any atom is 0.252 e. The number of hydrogen-bond donors (Lipinski definition) is 1. The van der Waals surface area contributed by atoms with E-state index in [0.717, 1.165) is 10.5 Å². The molecule has 0 spiro atoms. The summed E-state index contributed by atoms with van der Waals surface area (Å²) in [5.74, 6) is -0.0822. The molecule has 0 saturated heterocycles. The molecule has 1 amide bonds. The largest absolute Gasteiger partial charge is 0.348 e. The highest BCUT2D eigenvalue weighted by molar-refractivity contribution is 7.13. The van der Waals surface area contributed by atoms with Gasteiger partial charge in [-0.05, 0) is 30.3 Å². The molecule has 1 N–H and O–H groups in total. The lowest BCUT2D eigenvalue weighted by molar-refractivity contribution is 0.0951. The van der Waals surface area contributed by atoms with Gasteiger partial charge < -0.3 is 5.32 Å². The van der Waals surface area contributed by atoms with Crippen LogP contribution in [0.1, 0.15) is 15.9 Å². The lowest BCUT2D eigenvalue weighted by Crippen LogP contribution is -2.23. The quantitative estimate of drug-likeness (QED) is 0.572. The predicted octanol–water partition coefficient (Wildman–Crippen LogP) is 4.18. The van der Waals surface area contributed by atoms with Gasteiger partial charge >= 0.3 is 0 Å². The van der Waals surface area contributed by atoms with Crippen molar-refractivity contribution in [1.82, 2.24) is 19.9 Å². The molecule has 4 rings (SSSR count). The van der Waals surface area contributed by atoms with Gasteiger partial charge in [0.15, 0.2) is 11.5 Å². The molecule has 0 aliphatic heterocycles. The highest BCUT2D eigenvalue weighted by Gasteiger charge is 2.15. The second-order valence-corrected chi connectivity index (χ2v) is 6.85. The molecule has 4 aromatic rings. The molecule has 3 heterocycles. The summed E-state index contributed by atoms with van der Waals surface area (Å²) in [6.07, 6.45) is 1.87. The fourth-order valence-electron chi connectivity index (χ4n) is 2.55. The van der Waals surface area contributed by atoms with Gasteiger partial charge in [-0.1, -0.05) is 23.7 Å². The number of benzene rings is 1. The van der Waals surface area contributed by atoms with Gasteiger partial charge in [0.1, 0.15) is 5.82 Å². The number of nitrogens with zero attached hydrogens (tertiary/aromatic N) is 3. The number of pyridine rings is 1. The first-order chi connectivity index (χ1) is 12.6. The monoisotopic (exact) mass is 386 g/mol. The lowest BCUT2D eigenvalue weighted by Gasteiger charge is -2.07. The molecule has 0 aliphatic carbocycles. The summed E-state index contributed by atoms with van der Waals surface area (Å²) in [6, 6.07) is 11.8. The predicted molar refractivity (Wildman–Crippen MR) is 98.9 cm³/mol. The molecule has 3 aromatic heterocycles. The van der Waals surface area contributed by atoms with Crippen LogP contribution < -0.4 is 5.32 Å².